The molecule has 3 heterocycles. The molecule has 0 radical (unpaired) electrons. The molecule has 0 bridgehead atoms. The summed E-state index contributed by atoms with van der Waals surface area (Å²) < 4.78 is 17.0. The lowest BCUT2D eigenvalue weighted by atomic mass is 9.77. The predicted molar refractivity (Wildman–Crippen MR) is 132 cm³/mol. The number of hydrogen-bond acceptors (Lipinski definition) is 6. The van der Waals surface area contributed by atoms with Crippen LogP contribution in [-0.4, -0.2) is 72.8 Å². The van der Waals surface area contributed by atoms with Gasteiger partial charge in [-0.3, -0.25) is 9.59 Å². The van der Waals surface area contributed by atoms with Gasteiger partial charge in [-0.15, -0.1) is 0 Å². The van der Waals surface area contributed by atoms with Gasteiger partial charge in [-0.2, -0.15) is 0 Å². The number of aromatic nitrogens is 1. The van der Waals surface area contributed by atoms with Crippen molar-refractivity contribution in [3.63, 3.8) is 0 Å². The first-order valence-corrected chi connectivity index (χ1v) is 12.7. The van der Waals surface area contributed by atoms with Crippen molar-refractivity contribution in [3.8, 4) is 5.75 Å². The molecule has 0 saturated carbocycles. The Bertz CT molecular complexity index is 1050. The molecule has 0 aliphatic carbocycles. The van der Waals surface area contributed by atoms with E-state index >= 15 is 0 Å². The number of nitrogens with zero attached hydrogens (tertiary/aromatic N) is 3. The molecule has 0 unspecified atom stereocenters. The molecule has 1 aromatic carbocycles. The van der Waals surface area contributed by atoms with Crippen molar-refractivity contribution in [3.05, 3.63) is 46.3 Å². The zero-order chi connectivity index (χ0) is 25.0. The van der Waals surface area contributed by atoms with E-state index in [2.05, 4.69) is 5.16 Å². The van der Waals surface area contributed by atoms with E-state index in [-0.39, 0.29) is 17.7 Å². The number of halogens is 1. The van der Waals surface area contributed by atoms with Crippen LogP contribution in [0.2, 0.25) is 5.02 Å². The average Bonchev–Trinajstić information content (AvgIpc) is 3.25. The van der Waals surface area contributed by atoms with Gasteiger partial charge in [-0.25, -0.2) is 0 Å². The third-order valence-electron chi connectivity index (χ3n) is 6.83. The zero-order valence-electron chi connectivity index (χ0n) is 20.7. The Morgan fingerprint density at radius 2 is 1.97 bits per heavy atom. The number of benzene rings is 1. The van der Waals surface area contributed by atoms with E-state index in [0.717, 1.165) is 12.8 Å². The zero-order valence-corrected chi connectivity index (χ0v) is 21.5. The summed E-state index contributed by atoms with van der Waals surface area (Å²) in [5.41, 5.74) is 0.684. The summed E-state index contributed by atoms with van der Waals surface area (Å²) in [5, 5.41) is 4.72. The Morgan fingerprint density at radius 1 is 1.20 bits per heavy atom. The number of hydrogen-bond donors (Lipinski definition) is 0. The van der Waals surface area contributed by atoms with Crippen molar-refractivity contribution in [1.29, 1.82) is 0 Å². The number of aryl methyl sites for hydroxylation is 1. The minimum atomic E-state index is -0.519. The first-order valence-electron chi connectivity index (χ1n) is 12.3. The molecule has 4 rings (SSSR count). The highest BCUT2D eigenvalue weighted by molar-refractivity contribution is 6.30. The fraction of sp³-hybridized carbons (Fsp3) is 0.577. The van der Waals surface area contributed by atoms with Crippen LogP contribution in [-0.2, 0) is 9.53 Å². The lowest BCUT2D eigenvalue weighted by molar-refractivity contribution is -0.139. The van der Waals surface area contributed by atoms with E-state index in [1.807, 2.05) is 35.8 Å². The first kappa shape index (κ1) is 25.5. The highest BCUT2D eigenvalue weighted by atomic mass is 35.5. The molecule has 35 heavy (non-hydrogen) atoms. The number of rotatable bonds is 7. The normalized spacial score (nSPS) is 20.8. The van der Waals surface area contributed by atoms with Crippen LogP contribution in [0.5, 0.6) is 5.75 Å². The minimum Gasteiger partial charge on any atom is -0.493 e. The SMILES string of the molecule is Cc1onc(C(C)C)c1C(=O)N1CCC[C@](COc2cccc(Cl)c2)(CC(=O)N2CCOCC2)C1. The fourth-order valence-corrected chi connectivity index (χ4v) is 5.11. The first-order chi connectivity index (χ1) is 16.8. The van der Waals surface area contributed by atoms with Crippen molar-refractivity contribution in [2.45, 2.75) is 46.0 Å². The third-order valence-corrected chi connectivity index (χ3v) is 7.06. The van der Waals surface area contributed by atoms with Crippen LogP contribution < -0.4 is 4.74 Å². The van der Waals surface area contributed by atoms with E-state index in [9.17, 15) is 9.59 Å². The van der Waals surface area contributed by atoms with E-state index in [4.69, 9.17) is 25.6 Å². The van der Waals surface area contributed by atoms with Gasteiger partial charge in [-0.1, -0.05) is 36.7 Å². The minimum absolute atomic E-state index is 0.0648. The molecular weight excluding hydrogens is 470 g/mol. The second kappa shape index (κ2) is 11.0. The van der Waals surface area contributed by atoms with Gasteiger partial charge in [0.15, 0.2) is 0 Å². The third kappa shape index (κ3) is 5.98. The summed E-state index contributed by atoms with van der Waals surface area (Å²) in [6, 6.07) is 7.24. The summed E-state index contributed by atoms with van der Waals surface area (Å²) >= 11 is 6.14. The summed E-state index contributed by atoms with van der Waals surface area (Å²) in [4.78, 5) is 30.7. The maximum absolute atomic E-state index is 13.7. The van der Waals surface area contributed by atoms with Gasteiger partial charge >= 0.3 is 0 Å². The second-order valence-corrected chi connectivity index (χ2v) is 10.3. The van der Waals surface area contributed by atoms with Gasteiger partial charge in [0.2, 0.25) is 5.91 Å². The molecule has 9 heteroatoms. The van der Waals surface area contributed by atoms with E-state index in [1.165, 1.54) is 0 Å². The van der Waals surface area contributed by atoms with Crippen LogP contribution in [0, 0.1) is 12.3 Å². The van der Waals surface area contributed by atoms with E-state index in [1.54, 1.807) is 19.1 Å². The monoisotopic (exact) mass is 503 g/mol. The van der Waals surface area contributed by atoms with Crippen LogP contribution in [0.3, 0.4) is 0 Å². The number of amides is 2. The van der Waals surface area contributed by atoms with Crippen LogP contribution >= 0.6 is 11.6 Å². The Kier molecular flexibility index (Phi) is 8.02. The van der Waals surface area contributed by atoms with Gasteiger partial charge in [0, 0.05) is 43.0 Å². The van der Waals surface area contributed by atoms with Crippen molar-refractivity contribution >= 4 is 23.4 Å². The molecule has 2 aliphatic rings. The number of ether oxygens (including phenoxy) is 2. The number of carbonyl (C=O) groups is 2. The number of likely N-dealkylation sites (tertiary alicyclic amines) is 1. The summed E-state index contributed by atoms with van der Waals surface area (Å²) in [5.74, 6) is 1.21. The van der Waals surface area contributed by atoms with Crippen molar-refractivity contribution < 1.29 is 23.6 Å². The van der Waals surface area contributed by atoms with Gasteiger partial charge in [-0.05, 0) is 43.9 Å². The molecule has 8 nitrogen and oxygen atoms in total. The van der Waals surface area contributed by atoms with Crippen LogP contribution in [0.4, 0.5) is 0 Å². The van der Waals surface area contributed by atoms with E-state index < -0.39 is 5.41 Å². The quantitative estimate of drug-likeness (QED) is 0.559. The molecule has 2 aliphatic heterocycles. The van der Waals surface area contributed by atoms with Crippen LogP contribution in [0.1, 0.15) is 60.8 Å². The number of carbonyl (C=O) groups excluding carboxylic acids is 2. The van der Waals surface area contributed by atoms with Gasteiger partial charge in [0.25, 0.3) is 5.91 Å². The van der Waals surface area contributed by atoms with Crippen LogP contribution in [0.25, 0.3) is 0 Å². The number of morpholine rings is 1. The lowest BCUT2D eigenvalue weighted by Crippen LogP contribution is -2.52. The molecule has 1 aromatic heterocycles. The van der Waals surface area contributed by atoms with Crippen LogP contribution in [0.15, 0.2) is 28.8 Å². The standard InChI is InChI=1S/C26H34ClN3O5/c1-18(2)24-23(19(3)35-28-24)25(32)30-9-5-8-26(16-30,15-22(31)29-10-12-33-13-11-29)17-34-21-7-4-6-20(27)14-21/h4,6-7,14,18H,5,8-13,15-17H2,1-3H3/t26-/m0/s1. The molecule has 2 fully saturated rings. The maximum Gasteiger partial charge on any atom is 0.259 e. The average molecular weight is 504 g/mol. The van der Waals surface area contributed by atoms with Crippen molar-refractivity contribution in [2.75, 3.05) is 46.0 Å². The molecule has 1 atom stereocenters. The summed E-state index contributed by atoms with van der Waals surface area (Å²) in [6.45, 7) is 9.38. The highest BCUT2D eigenvalue weighted by Gasteiger charge is 2.42. The predicted octanol–water partition coefficient (Wildman–Crippen LogP) is 4.31. The number of piperidine rings is 1. The van der Waals surface area contributed by atoms with Crippen molar-refractivity contribution in [1.82, 2.24) is 15.0 Å². The molecule has 2 aromatic rings. The fourth-order valence-electron chi connectivity index (χ4n) is 4.93. The van der Waals surface area contributed by atoms with Gasteiger partial charge in [0.05, 0.1) is 25.5 Å². The molecule has 2 amide bonds. The Morgan fingerprint density at radius 3 is 2.69 bits per heavy atom. The second-order valence-electron chi connectivity index (χ2n) is 9.90. The lowest BCUT2D eigenvalue weighted by Gasteiger charge is -2.43. The molecule has 190 valence electrons. The molecule has 2 saturated heterocycles. The Balaban J connectivity index is 1.57. The van der Waals surface area contributed by atoms with Gasteiger partial charge < -0.3 is 23.8 Å². The highest BCUT2D eigenvalue weighted by Crippen LogP contribution is 2.37. The Hall–Kier alpha value is -2.58. The topological polar surface area (TPSA) is 85.1 Å². The Labute approximate surface area is 211 Å². The maximum atomic E-state index is 13.7. The largest absolute Gasteiger partial charge is 0.493 e. The summed E-state index contributed by atoms with van der Waals surface area (Å²) in [7, 11) is 0. The van der Waals surface area contributed by atoms with E-state index in [0.29, 0.717) is 80.2 Å². The van der Waals surface area contributed by atoms with Gasteiger partial charge in [0.1, 0.15) is 17.1 Å². The van der Waals surface area contributed by atoms with Crippen molar-refractivity contribution in [2.24, 2.45) is 5.41 Å². The molecule has 0 N–H and O–H groups in total. The molecule has 0 spiro atoms. The smallest absolute Gasteiger partial charge is 0.259 e. The summed E-state index contributed by atoms with van der Waals surface area (Å²) in [6.07, 6.45) is 1.87. The molecular formula is C26H34ClN3O5.